The van der Waals surface area contributed by atoms with Crippen molar-refractivity contribution in [2.45, 2.75) is 40.5 Å². The molecule has 1 aromatic heterocycles. The summed E-state index contributed by atoms with van der Waals surface area (Å²) in [6.45, 7) is 9.46. The van der Waals surface area contributed by atoms with Gasteiger partial charge in [0.15, 0.2) is 0 Å². The van der Waals surface area contributed by atoms with Crippen LogP contribution in [0.2, 0.25) is 0 Å². The molecule has 0 N–H and O–H groups in total. The normalized spacial score (nSPS) is 18.0. The largest absolute Gasteiger partial charge is 0.341 e. The predicted molar refractivity (Wildman–Crippen MR) is 123 cm³/mol. The number of rotatable bonds is 4. The molecule has 6 nitrogen and oxygen atoms in total. The summed E-state index contributed by atoms with van der Waals surface area (Å²) >= 11 is 0.906. The second kappa shape index (κ2) is 8.38. The third kappa shape index (κ3) is 3.94. The highest BCUT2D eigenvalue weighted by Gasteiger charge is 2.37. The van der Waals surface area contributed by atoms with E-state index < -0.39 is 0 Å². The zero-order valence-electron chi connectivity index (χ0n) is 18.4. The first-order valence-electron chi connectivity index (χ1n) is 10.6. The van der Waals surface area contributed by atoms with E-state index in [1.165, 1.54) is 11.1 Å². The minimum absolute atomic E-state index is 0.158. The number of carbonyl (C=O) groups is 3. The van der Waals surface area contributed by atoms with Crippen LogP contribution >= 0.6 is 11.8 Å². The summed E-state index contributed by atoms with van der Waals surface area (Å²) in [5.74, 6) is -0.548. The molecule has 1 aromatic carbocycles. The van der Waals surface area contributed by atoms with Crippen molar-refractivity contribution < 1.29 is 14.4 Å². The van der Waals surface area contributed by atoms with E-state index in [1.54, 1.807) is 11.0 Å². The number of nitrogens with zero attached hydrogens (tertiary/aromatic N) is 3. The van der Waals surface area contributed by atoms with Gasteiger partial charge in [-0.1, -0.05) is 18.2 Å². The third-order valence-electron chi connectivity index (χ3n) is 6.05. The minimum atomic E-state index is -0.389. The van der Waals surface area contributed by atoms with Gasteiger partial charge in [0.25, 0.3) is 11.1 Å². The number of hydrogen-bond acceptors (Lipinski definition) is 4. The predicted octanol–water partition coefficient (Wildman–Crippen LogP) is 4.37. The van der Waals surface area contributed by atoms with Crippen LogP contribution in [0.5, 0.6) is 0 Å². The Hall–Kier alpha value is -2.80. The van der Waals surface area contributed by atoms with E-state index in [2.05, 4.69) is 30.5 Å². The lowest BCUT2D eigenvalue weighted by atomic mass is 10.1. The quantitative estimate of drug-likeness (QED) is 0.667. The molecule has 2 aromatic rings. The summed E-state index contributed by atoms with van der Waals surface area (Å²) in [6, 6.07) is 8.25. The first kappa shape index (κ1) is 21.4. The molecule has 0 atom stereocenters. The van der Waals surface area contributed by atoms with Gasteiger partial charge in [-0.3, -0.25) is 19.3 Å². The minimum Gasteiger partial charge on any atom is -0.341 e. The average molecular weight is 438 g/mol. The molecule has 2 aliphatic rings. The first-order chi connectivity index (χ1) is 14.8. The molecule has 7 heteroatoms. The summed E-state index contributed by atoms with van der Waals surface area (Å²) in [7, 11) is 0. The molecule has 3 amide bonds. The summed E-state index contributed by atoms with van der Waals surface area (Å²) in [6.07, 6.45) is 3.73. The van der Waals surface area contributed by atoms with Crippen LogP contribution in [0.3, 0.4) is 0 Å². The van der Waals surface area contributed by atoms with Crippen molar-refractivity contribution in [3.8, 4) is 5.69 Å². The molecule has 0 radical (unpaired) electrons. The van der Waals surface area contributed by atoms with Crippen molar-refractivity contribution in [2.75, 3.05) is 19.6 Å². The highest BCUT2D eigenvalue weighted by atomic mass is 32.2. The fraction of sp³-hybridized carbons (Fsp3) is 0.375. The van der Waals surface area contributed by atoms with E-state index in [0.29, 0.717) is 18.0 Å². The van der Waals surface area contributed by atoms with Crippen molar-refractivity contribution >= 4 is 34.9 Å². The Labute approximate surface area is 186 Å². The second-order valence-electron chi connectivity index (χ2n) is 8.26. The number of amides is 3. The highest BCUT2D eigenvalue weighted by molar-refractivity contribution is 8.18. The van der Waals surface area contributed by atoms with Gasteiger partial charge in [0.2, 0.25) is 5.91 Å². The number of para-hydroxylation sites is 1. The second-order valence-corrected chi connectivity index (χ2v) is 9.25. The van der Waals surface area contributed by atoms with Gasteiger partial charge in [-0.05, 0) is 81.1 Å². The lowest BCUT2D eigenvalue weighted by Gasteiger charge is -2.18. The van der Waals surface area contributed by atoms with Crippen molar-refractivity contribution in [1.29, 1.82) is 0 Å². The molecule has 162 valence electrons. The molecule has 31 heavy (non-hydrogen) atoms. The van der Waals surface area contributed by atoms with Gasteiger partial charge in [0, 0.05) is 24.5 Å². The van der Waals surface area contributed by atoms with E-state index in [4.69, 9.17) is 0 Å². The van der Waals surface area contributed by atoms with Crippen molar-refractivity contribution in [2.24, 2.45) is 0 Å². The first-order valence-corrected chi connectivity index (χ1v) is 11.4. The van der Waals surface area contributed by atoms with Crippen LogP contribution in [0.4, 0.5) is 4.79 Å². The number of hydrogen-bond donors (Lipinski definition) is 0. The molecule has 2 fully saturated rings. The average Bonchev–Trinajstić information content (AvgIpc) is 3.41. The summed E-state index contributed by atoms with van der Waals surface area (Å²) in [4.78, 5) is 40.9. The number of aryl methyl sites for hydroxylation is 3. The fourth-order valence-electron chi connectivity index (χ4n) is 4.42. The van der Waals surface area contributed by atoms with Crippen LogP contribution in [0.25, 0.3) is 11.8 Å². The van der Waals surface area contributed by atoms with E-state index >= 15 is 0 Å². The van der Waals surface area contributed by atoms with Gasteiger partial charge in [-0.15, -0.1) is 0 Å². The Balaban J connectivity index is 1.61. The lowest BCUT2D eigenvalue weighted by Crippen LogP contribution is -2.40. The molecule has 0 unspecified atom stereocenters. The van der Waals surface area contributed by atoms with Gasteiger partial charge in [0.1, 0.15) is 6.54 Å². The van der Waals surface area contributed by atoms with E-state index in [0.717, 1.165) is 52.1 Å². The molecule has 0 bridgehead atoms. The summed E-state index contributed by atoms with van der Waals surface area (Å²) in [5, 5.41) is -0.382. The lowest BCUT2D eigenvalue weighted by molar-refractivity contribution is -0.135. The fourth-order valence-corrected chi connectivity index (χ4v) is 5.24. The topological polar surface area (TPSA) is 62.6 Å². The summed E-state index contributed by atoms with van der Waals surface area (Å²) < 4.78 is 2.19. The van der Waals surface area contributed by atoms with E-state index in [-0.39, 0.29) is 23.6 Å². The molecule has 2 saturated heterocycles. The van der Waals surface area contributed by atoms with Crippen molar-refractivity contribution in [3.05, 3.63) is 57.2 Å². The number of carbonyl (C=O) groups excluding carboxylic acids is 3. The van der Waals surface area contributed by atoms with Crippen LogP contribution in [0.1, 0.15) is 40.9 Å². The van der Waals surface area contributed by atoms with Crippen LogP contribution in [0.15, 0.2) is 29.2 Å². The number of likely N-dealkylation sites (tertiary alicyclic amines) is 1. The van der Waals surface area contributed by atoms with Crippen LogP contribution in [-0.4, -0.2) is 51.1 Å². The Morgan fingerprint density at radius 1 is 1.06 bits per heavy atom. The Morgan fingerprint density at radius 2 is 1.71 bits per heavy atom. The molecular formula is C24H27N3O3S. The zero-order valence-corrected chi connectivity index (χ0v) is 19.2. The molecule has 2 aliphatic heterocycles. The van der Waals surface area contributed by atoms with Gasteiger partial charge < -0.3 is 9.47 Å². The van der Waals surface area contributed by atoms with E-state index in [9.17, 15) is 14.4 Å². The maximum absolute atomic E-state index is 12.9. The van der Waals surface area contributed by atoms with Crippen LogP contribution in [0, 0.1) is 27.7 Å². The number of aromatic nitrogens is 1. The van der Waals surface area contributed by atoms with Crippen molar-refractivity contribution in [1.82, 2.24) is 14.4 Å². The van der Waals surface area contributed by atoms with Gasteiger partial charge >= 0.3 is 0 Å². The molecule has 0 aliphatic carbocycles. The Morgan fingerprint density at radius 3 is 2.35 bits per heavy atom. The molecule has 0 spiro atoms. The van der Waals surface area contributed by atoms with Crippen LogP contribution in [-0.2, 0) is 9.59 Å². The maximum atomic E-state index is 12.9. The van der Waals surface area contributed by atoms with Gasteiger partial charge in [-0.2, -0.15) is 0 Å². The number of thioether (sulfide) groups is 1. The van der Waals surface area contributed by atoms with Gasteiger partial charge in [-0.25, -0.2) is 0 Å². The highest BCUT2D eigenvalue weighted by Crippen LogP contribution is 2.34. The number of imide groups is 1. The smallest absolute Gasteiger partial charge is 0.294 e. The van der Waals surface area contributed by atoms with Crippen LogP contribution < -0.4 is 0 Å². The number of benzene rings is 1. The van der Waals surface area contributed by atoms with Crippen molar-refractivity contribution in [3.63, 3.8) is 0 Å². The monoisotopic (exact) mass is 437 g/mol. The Kier molecular flexibility index (Phi) is 5.79. The molecular weight excluding hydrogens is 410 g/mol. The molecule has 0 saturated carbocycles. The molecule has 4 rings (SSSR count). The summed E-state index contributed by atoms with van der Waals surface area (Å²) in [5.41, 5.74) is 6.46. The maximum Gasteiger partial charge on any atom is 0.294 e. The van der Waals surface area contributed by atoms with Gasteiger partial charge in [0.05, 0.1) is 10.6 Å². The zero-order chi connectivity index (χ0) is 22.3. The molecule has 3 heterocycles. The Bertz CT molecular complexity index is 1090. The third-order valence-corrected chi connectivity index (χ3v) is 6.95. The SMILES string of the molecule is Cc1cccc(C)c1-n1c(C)cc(/C=C2/SC(=O)N(CC(=O)N3CCCC3)C2=O)c1C. The standard InChI is InChI=1S/C24H27N3O3S/c1-15-8-7-9-16(2)22(15)27-17(3)12-19(18(27)4)13-20-23(29)26(24(30)31-20)14-21(28)25-10-5-6-11-25/h7-9,12-13H,5-6,10-11,14H2,1-4H3/b20-13+. The van der Waals surface area contributed by atoms with E-state index in [1.807, 2.05) is 26.0 Å².